The summed E-state index contributed by atoms with van der Waals surface area (Å²) in [6, 6.07) is 3.82. The fraction of sp³-hybridized carbons (Fsp3) is 0.455. The highest BCUT2D eigenvalue weighted by atomic mass is 16.1. The molecule has 0 unspecified atom stereocenters. The van der Waals surface area contributed by atoms with Gasteiger partial charge in [0.25, 0.3) is 0 Å². The molecule has 0 aliphatic carbocycles. The van der Waals surface area contributed by atoms with E-state index < -0.39 is 0 Å². The van der Waals surface area contributed by atoms with Crippen molar-refractivity contribution in [3.05, 3.63) is 28.3 Å². The molecule has 15 heavy (non-hydrogen) atoms. The largest absolute Gasteiger partial charge is 0.329 e. The molecular weight excluding hydrogens is 190 g/mol. The summed E-state index contributed by atoms with van der Waals surface area (Å²) in [5.41, 5.74) is 2.51. The number of pyridine rings is 1. The van der Waals surface area contributed by atoms with Gasteiger partial charge in [0.2, 0.25) is 0 Å². The molecule has 2 aromatic rings. The van der Waals surface area contributed by atoms with E-state index in [0.717, 1.165) is 16.9 Å². The lowest BCUT2D eigenvalue weighted by molar-refractivity contribution is 0.791. The van der Waals surface area contributed by atoms with Gasteiger partial charge in [-0.15, -0.1) is 0 Å². The fourth-order valence-electron chi connectivity index (χ4n) is 1.46. The first-order valence-corrected chi connectivity index (χ1v) is 5.10. The number of rotatable bonds is 0. The summed E-state index contributed by atoms with van der Waals surface area (Å²) < 4.78 is 3.16. The van der Waals surface area contributed by atoms with Crippen LogP contribution in [0.5, 0.6) is 0 Å². The van der Waals surface area contributed by atoms with E-state index in [1.807, 2.05) is 32.9 Å². The van der Waals surface area contributed by atoms with E-state index in [1.54, 1.807) is 23.2 Å². The minimum atomic E-state index is -0.0342. The van der Waals surface area contributed by atoms with Gasteiger partial charge in [-0.25, -0.2) is 9.78 Å². The van der Waals surface area contributed by atoms with Gasteiger partial charge < -0.3 is 0 Å². The number of hydrogen-bond acceptors (Lipinski definition) is 2. The monoisotopic (exact) mass is 207 g/mol. The smallest absolute Gasteiger partial charge is 0.293 e. The van der Waals surface area contributed by atoms with Crippen molar-refractivity contribution in [1.29, 1.82) is 0 Å². The van der Waals surface area contributed by atoms with Crippen molar-refractivity contribution >= 4 is 11.2 Å². The normalized spacial score (nSPS) is 9.93. The number of imidazole rings is 1. The predicted octanol–water partition coefficient (Wildman–Crippen LogP) is 1.61. The average molecular weight is 207 g/mol. The van der Waals surface area contributed by atoms with Crippen molar-refractivity contribution in [3.8, 4) is 0 Å². The lowest BCUT2D eigenvalue weighted by Crippen LogP contribution is -2.19. The second-order valence-electron chi connectivity index (χ2n) is 3.20. The van der Waals surface area contributed by atoms with E-state index in [2.05, 4.69) is 4.98 Å². The molecule has 0 bridgehead atoms. The van der Waals surface area contributed by atoms with E-state index in [0.29, 0.717) is 0 Å². The Morgan fingerprint density at radius 2 is 1.73 bits per heavy atom. The molecule has 0 amide bonds. The fourth-order valence-corrected chi connectivity index (χ4v) is 1.46. The summed E-state index contributed by atoms with van der Waals surface area (Å²) in [5.74, 6) is 0. The first-order valence-electron chi connectivity index (χ1n) is 5.10. The van der Waals surface area contributed by atoms with Crippen LogP contribution in [0.15, 0.2) is 16.9 Å². The Morgan fingerprint density at radius 3 is 2.33 bits per heavy atom. The van der Waals surface area contributed by atoms with Crippen molar-refractivity contribution < 1.29 is 0 Å². The summed E-state index contributed by atoms with van der Waals surface area (Å²) in [5, 5.41) is 0. The zero-order chi connectivity index (χ0) is 11.6. The molecule has 2 heterocycles. The second-order valence-corrected chi connectivity index (χ2v) is 3.20. The molecule has 0 aliphatic rings. The Morgan fingerprint density at radius 1 is 1.13 bits per heavy atom. The highest BCUT2D eigenvalue weighted by Gasteiger charge is 2.07. The van der Waals surface area contributed by atoms with Crippen molar-refractivity contribution in [2.75, 3.05) is 0 Å². The number of nitrogens with zero attached hydrogens (tertiary/aromatic N) is 3. The third-order valence-corrected chi connectivity index (χ3v) is 2.25. The maximum absolute atomic E-state index is 11.5. The van der Waals surface area contributed by atoms with Crippen molar-refractivity contribution in [3.63, 3.8) is 0 Å². The lowest BCUT2D eigenvalue weighted by Gasteiger charge is -1.94. The van der Waals surface area contributed by atoms with Gasteiger partial charge in [-0.2, -0.15) is 0 Å². The minimum absolute atomic E-state index is 0.0342. The Kier molecular flexibility index (Phi) is 3.29. The third-order valence-electron chi connectivity index (χ3n) is 2.25. The van der Waals surface area contributed by atoms with Gasteiger partial charge in [0.15, 0.2) is 5.65 Å². The highest BCUT2D eigenvalue weighted by Crippen LogP contribution is 2.08. The molecule has 0 spiro atoms. The van der Waals surface area contributed by atoms with Crippen LogP contribution in [-0.2, 0) is 14.1 Å². The summed E-state index contributed by atoms with van der Waals surface area (Å²) in [6.45, 7) is 5.91. The molecule has 2 aromatic heterocycles. The van der Waals surface area contributed by atoms with Crippen LogP contribution in [0.1, 0.15) is 19.5 Å². The van der Waals surface area contributed by atoms with Crippen molar-refractivity contribution in [2.24, 2.45) is 14.1 Å². The Hall–Kier alpha value is -1.58. The average Bonchev–Trinajstić information content (AvgIpc) is 2.47. The predicted molar refractivity (Wildman–Crippen MR) is 62.0 cm³/mol. The molecule has 0 radical (unpaired) electrons. The van der Waals surface area contributed by atoms with Crippen LogP contribution in [0, 0.1) is 6.92 Å². The number of fused-ring (bicyclic) bond motifs is 1. The number of aromatic nitrogens is 3. The van der Waals surface area contributed by atoms with Crippen LogP contribution in [0.3, 0.4) is 0 Å². The van der Waals surface area contributed by atoms with E-state index in [4.69, 9.17) is 0 Å². The number of aryl methyl sites for hydroxylation is 3. The molecule has 0 aromatic carbocycles. The molecule has 4 heteroatoms. The van der Waals surface area contributed by atoms with Crippen molar-refractivity contribution in [2.45, 2.75) is 20.8 Å². The van der Waals surface area contributed by atoms with Crippen molar-refractivity contribution in [1.82, 2.24) is 14.1 Å². The molecule has 2 rings (SSSR count). The standard InChI is InChI=1S/C9H11N3O.C2H6/c1-6-4-5-7-8(10-6)12(3)9(13)11(7)2;1-2/h4-5H,1-3H3;1-2H3. The zero-order valence-corrected chi connectivity index (χ0v) is 9.90. The van der Waals surface area contributed by atoms with E-state index in [1.165, 1.54) is 0 Å². The van der Waals surface area contributed by atoms with Crippen LogP contribution in [0.4, 0.5) is 0 Å². The van der Waals surface area contributed by atoms with Gasteiger partial charge in [0.1, 0.15) is 0 Å². The van der Waals surface area contributed by atoms with Gasteiger partial charge in [0.05, 0.1) is 5.52 Å². The molecule has 0 saturated carbocycles. The second kappa shape index (κ2) is 4.29. The Labute approximate surface area is 89.2 Å². The quantitative estimate of drug-likeness (QED) is 0.658. The van der Waals surface area contributed by atoms with Gasteiger partial charge >= 0.3 is 5.69 Å². The van der Waals surface area contributed by atoms with Gasteiger partial charge in [-0.3, -0.25) is 9.13 Å². The van der Waals surface area contributed by atoms with Gasteiger partial charge in [-0.1, -0.05) is 13.8 Å². The maximum atomic E-state index is 11.5. The number of hydrogen-bond donors (Lipinski definition) is 0. The molecular formula is C11H17N3O. The van der Waals surface area contributed by atoms with Crippen LogP contribution >= 0.6 is 0 Å². The summed E-state index contributed by atoms with van der Waals surface area (Å²) >= 11 is 0. The minimum Gasteiger partial charge on any atom is -0.293 e. The highest BCUT2D eigenvalue weighted by molar-refractivity contribution is 5.71. The first-order chi connectivity index (χ1) is 7.11. The SMILES string of the molecule is CC.Cc1ccc2c(n1)n(C)c(=O)n2C. The molecule has 82 valence electrons. The van der Waals surface area contributed by atoms with Crippen LogP contribution < -0.4 is 5.69 Å². The zero-order valence-electron chi connectivity index (χ0n) is 9.90. The van der Waals surface area contributed by atoms with E-state index in [-0.39, 0.29) is 5.69 Å². The van der Waals surface area contributed by atoms with Gasteiger partial charge in [-0.05, 0) is 19.1 Å². The molecule has 0 atom stereocenters. The van der Waals surface area contributed by atoms with Crippen LogP contribution in [0.25, 0.3) is 11.2 Å². The lowest BCUT2D eigenvalue weighted by atomic mass is 10.3. The van der Waals surface area contributed by atoms with E-state index >= 15 is 0 Å². The van der Waals surface area contributed by atoms with Crippen LogP contribution in [-0.4, -0.2) is 14.1 Å². The Bertz CT molecular complexity index is 522. The summed E-state index contributed by atoms with van der Waals surface area (Å²) in [7, 11) is 3.48. The third kappa shape index (κ3) is 1.79. The first kappa shape index (κ1) is 11.5. The van der Waals surface area contributed by atoms with Crippen LogP contribution in [0.2, 0.25) is 0 Å². The topological polar surface area (TPSA) is 39.8 Å². The molecule has 0 saturated heterocycles. The molecule has 0 aliphatic heterocycles. The maximum Gasteiger partial charge on any atom is 0.329 e. The van der Waals surface area contributed by atoms with E-state index in [9.17, 15) is 4.79 Å². The summed E-state index contributed by atoms with van der Waals surface area (Å²) in [4.78, 5) is 15.8. The van der Waals surface area contributed by atoms with Gasteiger partial charge in [0, 0.05) is 19.8 Å². The summed E-state index contributed by atoms with van der Waals surface area (Å²) in [6.07, 6.45) is 0. The Balaban J connectivity index is 0.000000531. The molecule has 4 nitrogen and oxygen atoms in total. The molecule has 0 N–H and O–H groups in total. The molecule has 0 fully saturated rings.